The van der Waals surface area contributed by atoms with Crippen LogP contribution in [-0.4, -0.2) is 70.4 Å². The summed E-state index contributed by atoms with van der Waals surface area (Å²) in [5, 5.41) is 1.86. The number of alkyl halides is 9. The number of rotatable bonds is 3. The van der Waals surface area contributed by atoms with Gasteiger partial charge in [-0.1, -0.05) is 25.7 Å². The second kappa shape index (κ2) is 14.2. The van der Waals surface area contributed by atoms with E-state index >= 15 is 0 Å². The first-order chi connectivity index (χ1) is 25.1. The minimum Gasteiger partial charge on any atom is -0.374 e. The van der Waals surface area contributed by atoms with Gasteiger partial charge in [-0.05, 0) is 132 Å². The summed E-state index contributed by atoms with van der Waals surface area (Å²) < 4.78 is 134. The first-order valence-corrected chi connectivity index (χ1v) is 22.1. The van der Waals surface area contributed by atoms with Gasteiger partial charge in [0.15, 0.2) is 0 Å². The standard InChI is InChI=1S/C40H57F9N2OS/c41-38(42,43)22-16-28(39(44,45)46)36(29(17-22)40(47,48)49)37-50-30-14-11-21(15-35(30)53-37)20-9-12-23(13-10-20)51-31-7-3-1-5-24(31)26-19-34-27(18-32(26)51)25-6-2-4-8-33(25)52-34/h20-37,50H,1-19H2. The Morgan fingerprint density at radius 3 is 1.85 bits per heavy atom. The van der Waals surface area contributed by atoms with Crippen molar-refractivity contribution in [1.29, 1.82) is 0 Å². The van der Waals surface area contributed by atoms with Gasteiger partial charge in [-0.2, -0.15) is 39.5 Å². The van der Waals surface area contributed by atoms with Gasteiger partial charge in [-0.15, -0.1) is 11.8 Å². The van der Waals surface area contributed by atoms with E-state index < -0.39 is 60.4 Å². The van der Waals surface area contributed by atoms with Crippen LogP contribution < -0.4 is 5.32 Å². The molecule has 0 bridgehead atoms. The number of hydrogen-bond donors (Lipinski definition) is 1. The molecule has 3 nitrogen and oxygen atoms in total. The predicted molar refractivity (Wildman–Crippen MR) is 185 cm³/mol. The van der Waals surface area contributed by atoms with Crippen molar-refractivity contribution in [3.63, 3.8) is 0 Å². The average Bonchev–Trinajstić information content (AvgIpc) is 3.80. The zero-order valence-corrected chi connectivity index (χ0v) is 31.3. The highest BCUT2D eigenvalue weighted by molar-refractivity contribution is 8.00. The molecule has 9 fully saturated rings. The van der Waals surface area contributed by atoms with E-state index in [2.05, 4.69) is 10.2 Å². The fourth-order valence-corrected chi connectivity index (χ4v) is 16.5. The van der Waals surface area contributed by atoms with Crippen LogP contribution in [0.3, 0.4) is 0 Å². The number of halogens is 9. The summed E-state index contributed by atoms with van der Waals surface area (Å²) in [7, 11) is 0. The molecule has 0 aromatic heterocycles. The van der Waals surface area contributed by atoms with E-state index in [0.717, 1.165) is 56.3 Å². The lowest BCUT2D eigenvalue weighted by Gasteiger charge is -2.47. The Labute approximate surface area is 312 Å². The first-order valence-electron chi connectivity index (χ1n) is 21.2. The largest absolute Gasteiger partial charge is 0.392 e. The summed E-state index contributed by atoms with van der Waals surface area (Å²) in [4.78, 5) is 3.04. The van der Waals surface area contributed by atoms with E-state index in [1.165, 1.54) is 76.0 Å². The van der Waals surface area contributed by atoms with Crippen molar-refractivity contribution in [1.82, 2.24) is 10.2 Å². The van der Waals surface area contributed by atoms with Crippen LogP contribution in [0.25, 0.3) is 0 Å². The monoisotopic (exact) mass is 784 g/mol. The number of hydrogen-bond acceptors (Lipinski definition) is 4. The van der Waals surface area contributed by atoms with E-state index in [1.54, 1.807) is 0 Å². The molecule has 1 N–H and O–H groups in total. The molecule has 13 heteroatoms. The topological polar surface area (TPSA) is 24.5 Å². The van der Waals surface area contributed by atoms with Gasteiger partial charge >= 0.3 is 18.5 Å². The van der Waals surface area contributed by atoms with Crippen molar-refractivity contribution < 1.29 is 44.3 Å². The maximum absolute atomic E-state index is 14.3. The SMILES string of the molecule is FC(F)(F)C1CC(C(F)(F)F)C(C2NC3CCC(C4CCC(N5C6CCCCC6C6CC7OC8CCCCC8C7CC65)CC4)CC3S2)C(C(F)(F)F)C1. The smallest absolute Gasteiger partial charge is 0.374 e. The summed E-state index contributed by atoms with van der Waals surface area (Å²) in [5.41, 5.74) is 0. The minimum absolute atomic E-state index is 0.116. The fraction of sp³-hybridized carbons (Fsp3) is 1.00. The maximum Gasteiger partial charge on any atom is 0.392 e. The van der Waals surface area contributed by atoms with Gasteiger partial charge in [-0.3, -0.25) is 4.90 Å². The van der Waals surface area contributed by atoms with Crippen LogP contribution >= 0.6 is 11.8 Å². The molecule has 3 saturated heterocycles. The van der Waals surface area contributed by atoms with Gasteiger partial charge in [0.05, 0.1) is 35.3 Å². The number of nitrogens with one attached hydrogen (secondary N) is 1. The number of ether oxygens (including phenoxy) is 1. The van der Waals surface area contributed by atoms with Gasteiger partial charge in [0.2, 0.25) is 0 Å². The molecule has 302 valence electrons. The van der Waals surface area contributed by atoms with Crippen LogP contribution in [0.4, 0.5) is 39.5 Å². The molecule has 14 unspecified atom stereocenters. The zero-order chi connectivity index (χ0) is 37.0. The highest BCUT2D eigenvalue weighted by Crippen LogP contribution is 2.60. The van der Waals surface area contributed by atoms with Crippen LogP contribution in [0.5, 0.6) is 0 Å². The van der Waals surface area contributed by atoms with E-state index in [1.807, 2.05) is 0 Å². The lowest BCUT2D eigenvalue weighted by molar-refractivity contribution is -0.279. The van der Waals surface area contributed by atoms with Crippen LogP contribution in [0.2, 0.25) is 0 Å². The highest BCUT2D eigenvalue weighted by atomic mass is 32.2. The molecule has 3 heterocycles. The zero-order valence-electron chi connectivity index (χ0n) is 30.5. The van der Waals surface area contributed by atoms with Crippen LogP contribution in [0.1, 0.15) is 122 Å². The third-order valence-electron chi connectivity index (χ3n) is 16.8. The molecule has 6 aliphatic carbocycles. The van der Waals surface area contributed by atoms with Crippen LogP contribution in [0, 0.1) is 59.2 Å². The molecule has 0 aromatic carbocycles. The van der Waals surface area contributed by atoms with E-state index in [0.29, 0.717) is 54.5 Å². The Kier molecular flexibility index (Phi) is 10.2. The van der Waals surface area contributed by atoms with Gasteiger partial charge in [-0.25, -0.2) is 0 Å². The maximum atomic E-state index is 14.3. The molecule has 6 saturated carbocycles. The van der Waals surface area contributed by atoms with E-state index in [9.17, 15) is 39.5 Å². The normalized spacial score (nSPS) is 50.9. The van der Waals surface area contributed by atoms with Crippen molar-refractivity contribution in [3.05, 3.63) is 0 Å². The van der Waals surface area contributed by atoms with E-state index in [4.69, 9.17) is 4.74 Å². The van der Waals surface area contributed by atoms with Gasteiger partial charge < -0.3 is 10.1 Å². The fourth-order valence-electron chi connectivity index (χ4n) is 14.6. The molecule has 0 spiro atoms. The molecule has 0 aromatic rings. The second-order valence-electron chi connectivity index (χ2n) is 19.1. The Morgan fingerprint density at radius 1 is 0.528 bits per heavy atom. The molecular formula is C40H57F9N2OS. The molecular weight excluding hydrogens is 728 g/mol. The van der Waals surface area contributed by atoms with Gasteiger partial charge in [0.1, 0.15) is 0 Å². The van der Waals surface area contributed by atoms with Crippen molar-refractivity contribution in [2.24, 2.45) is 59.2 Å². The van der Waals surface area contributed by atoms with E-state index in [-0.39, 0.29) is 11.3 Å². The third kappa shape index (κ3) is 7.01. The molecule has 0 amide bonds. The summed E-state index contributed by atoms with van der Waals surface area (Å²) in [6.45, 7) is 0. The first kappa shape index (κ1) is 38.1. The van der Waals surface area contributed by atoms with Gasteiger partial charge in [0.25, 0.3) is 0 Å². The highest BCUT2D eigenvalue weighted by Gasteiger charge is 2.65. The summed E-state index contributed by atoms with van der Waals surface area (Å²) in [5.74, 6) is -6.04. The molecule has 14 atom stereocenters. The molecule has 9 aliphatic rings. The Morgan fingerprint density at radius 2 is 1.17 bits per heavy atom. The lowest BCUT2D eigenvalue weighted by Crippen LogP contribution is -2.54. The van der Waals surface area contributed by atoms with Crippen molar-refractivity contribution in [3.8, 4) is 0 Å². The molecule has 53 heavy (non-hydrogen) atoms. The summed E-state index contributed by atoms with van der Waals surface area (Å²) >= 11 is 1.17. The Balaban J connectivity index is 0.853. The Hall–Kier alpha value is -0.400. The quantitative estimate of drug-likeness (QED) is 0.288. The third-order valence-corrected chi connectivity index (χ3v) is 18.4. The number of likely N-dealkylation sites (tertiary alicyclic amines) is 1. The molecule has 0 radical (unpaired) electrons. The number of fused-ring (bicyclic) bond motifs is 7. The number of nitrogens with zero attached hydrogens (tertiary/aromatic N) is 1. The Bertz CT molecular complexity index is 1280. The lowest BCUT2D eigenvalue weighted by atomic mass is 9.66. The molecule has 3 aliphatic heterocycles. The van der Waals surface area contributed by atoms with Crippen molar-refractivity contribution in [2.45, 2.75) is 188 Å². The average molecular weight is 785 g/mol. The number of thioether (sulfide) groups is 1. The second-order valence-corrected chi connectivity index (χ2v) is 20.5. The predicted octanol–water partition coefficient (Wildman–Crippen LogP) is 10.9. The van der Waals surface area contributed by atoms with Crippen molar-refractivity contribution >= 4 is 11.8 Å². The van der Waals surface area contributed by atoms with Crippen LogP contribution in [-0.2, 0) is 4.74 Å². The van der Waals surface area contributed by atoms with Gasteiger partial charge in [0, 0.05) is 35.3 Å². The summed E-state index contributed by atoms with van der Waals surface area (Å²) in [6.07, 6.45) is 2.79. The van der Waals surface area contributed by atoms with Crippen molar-refractivity contribution in [2.75, 3.05) is 0 Å². The van der Waals surface area contributed by atoms with Crippen LogP contribution in [0.15, 0.2) is 0 Å². The minimum atomic E-state index is -5.15. The summed E-state index contributed by atoms with van der Waals surface area (Å²) in [6, 6.07) is 1.73. The molecule has 9 rings (SSSR count).